The monoisotopic (exact) mass is 447 g/mol. The number of benzene rings is 2. The number of carboxylic acids is 1. The predicted octanol–water partition coefficient (Wildman–Crippen LogP) is 4.48. The Morgan fingerprint density at radius 2 is 1.97 bits per heavy atom. The van der Waals surface area contributed by atoms with Gasteiger partial charge in [-0.3, -0.25) is 9.69 Å². The standard InChI is InChI=1S/C21H18FNO5S2/c1-3-15(20(25)26)28-16-9-4-12(10-17(16)27-2)11-18-19(24)23(21(29)30-18)14-7-5-13(22)6-8-14/h4-11,15H,3H2,1-2H3,(H,25,26)/b18-11+. The highest BCUT2D eigenvalue weighted by Gasteiger charge is 2.33. The van der Waals surface area contributed by atoms with Gasteiger partial charge in [0.15, 0.2) is 21.9 Å². The number of ether oxygens (including phenoxy) is 2. The number of methoxy groups -OCH3 is 1. The van der Waals surface area contributed by atoms with Crippen LogP contribution >= 0.6 is 24.0 Å². The molecule has 0 aliphatic carbocycles. The number of anilines is 1. The number of hydrogen-bond donors (Lipinski definition) is 1. The maximum atomic E-state index is 13.2. The average Bonchev–Trinajstić information content (AvgIpc) is 3.00. The SMILES string of the molecule is CCC(Oc1ccc(/C=C2/SC(=S)N(c3ccc(F)cc3)C2=O)cc1OC)C(=O)O. The third-order valence-electron chi connectivity index (χ3n) is 4.28. The van der Waals surface area contributed by atoms with Crippen LogP contribution in [0.15, 0.2) is 47.4 Å². The number of aliphatic carboxylic acids is 1. The molecule has 0 spiro atoms. The van der Waals surface area contributed by atoms with Crippen molar-refractivity contribution in [2.45, 2.75) is 19.4 Å². The average molecular weight is 448 g/mol. The first-order valence-corrected chi connectivity index (χ1v) is 10.2. The van der Waals surface area contributed by atoms with E-state index >= 15 is 0 Å². The minimum Gasteiger partial charge on any atom is -0.493 e. The number of carbonyl (C=O) groups is 2. The van der Waals surface area contributed by atoms with Crippen LogP contribution < -0.4 is 14.4 Å². The zero-order valence-corrected chi connectivity index (χ0v) is 17.8. The second-order valence-corrected chi connectivity index (χ2v) is 7.93. The maximum Gasteiger partial charge on any atom is 0.344 e. The van der Waals surface area contributed by atoms with Crippen molar-refractivity contribution < 1.29 is 28.6 Å². The molecule has 1 atom stereocenters. The summed E-state index contributed by atoms with van der Waals surface area (Å²) in [5.41, 5.74) is 1.14. The topological polar surface area (TPSA) is 76.1 Å². The Bertz CT molecular complexity index is 1020. The van der Waals surface area contributed by atoms with Gasteiger partial charge in [-0.25, -0.2) is 9.18 Å². The van der Waals surface area contributed by atoms with Crippen LogP contribution in [-0.4, -0.2) is 34.5 Å². The van der Waals surface area contributed by atoms with Crippen LogP contribution in [-0.2, 0) is 9.59 Å². The first kappa shape index (κ1) is 21.8. The van der Waals surface area contributed by atoms with Crippen LogP contribution in [0.3, 0.4) is 0 Å². The second-order valence-electron chi connectivity index (χ2n) is 6.26. The zero-order chi connectivity index (χ0) is 21.8. The molecular weight excluding hydrogens is 429 g/mol. The van der Waals surface area contributed by atoms with Gasteiger partial charge in [0.2, 0.25) is 0 Å². The van der Waals surface area contributed by atoms with Crippen molar-refractivity contribution in [3.63, 3.8) is 0 Å². The molecule has 0 radical (unpaired) electrons. The lowest BCUT2D eigenvalue weighted by molar-refractivity contribution is -0.145. The first-order valence-electron chi connectivity index (χ1n) is 8.95. The van der Waals surface area contributed by atoms with Crippen LogP contribution in [0, 0.1) is 5.82 Å². The minimum atomic E-state index is -1.06. The van der Waals surface area contributed by atoms with Gasteiger partial charge in [0.25, 0.3) is 5.91 Å². The number of halogens is 1. The molecule has 1 unspecified atom stereocenters. The van der Waals surface area contributed by atoms with Crippen LogP contribution in [0.4, 0.5) is 10.1 Å². The number of thiocarbonyl (C=S) groups is 1. The number of nitrogens with zero attached hydrogens (tertiary/aromatic N) is 1. The fourth-order valence-corrected chi connectivity index (χ4v) is 4.06. The van der Waals surface area contributed by atoms with Crippen molar-refractivity contribution in [1.82, 2.24) is 0 Å². The van der Waals surface area contributed by atoms with Crippen molar-refractivity contribution in [3.8, 4) is 11.5 Å². The summed E-state index contributed by atoms with van der Waals surface area (Å²) < 4.78 is 24.4. The van der Waals surface area contributed by atoms with E-state index in [2.05, 4.69) is 0 Å². The van der Waals surface area contributed by atoms with Gasteiger partial charge in [0.05, 0.1) is 17.7 Å². The van der Waals surface area contributed by atoms with Crippen LogP contribution in [0.25, 0.3) is 6.08 Å². The number of carbonyl (C=O) groups excluding carboxylic acids is 1. The lowest BCUT2D eigenvalue weighted by Gasteiger charge is -2.16. The number of carboxylic acid groups (broad SMARTS) is 1. The zero-order valence-electron chi connectivity index (χ0n) is 16.1. The largest absolute Gasteiger partial charge is 0.493 e. The smallest absolute Gasteiger partial charge is 0.344 e. The summed E-state index contributed by atoms with van der Waals surface area (Å²) in [5.74, 6) is -1.14. The molecule has 1 aliphatic heterocycles. The van der Waals surface area contributed by atoms with Crippen molar-refractivity contribution in [3.05, 3.63) is 58.8 Å². The molecule has 156 valence electrons. The molecule has 1 heterocycles. The van der Waals surface area contributed by atoms with E-state index in [4.69, 9.17) is 21.7 Å². The Kier molecular flexibility index (Phi) is 6.73. The first-order chi connectivity index (χ1) is 14.3. The molecule has 1 N–H and O–H groups in total. The number of rotatable bonds is 7. The molecule has 1 amide bonds. The molecule has 30 heavy (non-hydrogen) atoms. The molecule has 1 fully saturated rings. The summed E-state index contributed by atoms with van der Waals surface area (Å²) in [6.07, 6.45) is 0.965. The fraction of sp³-hybridized carbons (Fsp3) is 0.190. The van der Waals surface area contributed by atoms with Crippen molar-refractivity contribution in [2.24, 2.45) is 0 Å². The summed E-state index contributed by atoms with van der Waals surface area (Å²) in [6, 6.07) is 10.4. The highest BCUT2D eigenvalue weighted by atomic mass is 32.2. The van der Waals surface area contributed by atoms with Crippen molar-refractivity contribution in [1.29, 1.82) is 0 Å². The molecule has 0 aromatic heterocycles. The van der Waals surface area contributed by atoms with Gasteiger partial charge in [0, 0.05) is 0 Å². The third-order valence-corrected chi connectivity index (χ3v) is 5.58. The molecule has 1 aliphatic rings. The van der Waals surface area contributed by atoms with Crippen LogP contribution in [0.1, 0.15) is 18.9 Å². The van der Waals surface area contributed by atoms with Crippen molar-refractivity contribution in [2.75, 3.05) is 12.0 Å². The molecule has 1 saturated heterocycles. The Morgan fingerprint density at radius 1 is 1.27 bits per heavy atom. The highest BCUT2D eigenvalue weighted by molar-refractivity contribution is 8.27. The Balaban J connectivity index is 1.86. The molecule has 0 saturated carbocycles. The number of hydrogen-bond acceptors (Lipinski definition) is 6. The van der Waals surface area contributed by atoms with Gasteiger partial charge in [-0.15, -0.1) is 0 Å². The second kappa shape index (κ2) is 9.27. The van der Waals surface area contributed by atoms with E-state index in [1.54, 1.807) is 31.2 Å². The Labute approximate surface area is 182 Å². The molecule has 2 aromatic rings. The molecular formula is C21H18FNO5S2. The Morgan fingerprint density at radius 3 is 2.57 bits per heavy atom. The quantitative estimate of drug-likeness (QED) is 0.495. The summed E-state index contributed by atoms with van der Waals surface area (Å²) in [5, 5.41) is 9.18. The molecule has 9 heteroatoms. The van der Waals surface area contributed by atoms with Crippen LogP contribution in [0.2, 0.25) is 0 Å². The lowest BCUT2D eigenvalue weighted by Crippen LogP contribution is -2.27. The van der Waals surface area contributed by atoms with Gasteiger partial charge >= 0.3 is 5.97 Å². The van der Waals surface area contributed by atoms with E-state index in [9.17, 15) is 19.1 Å². The molecule has 0 bridgehead atoms. The van der Waals surface area contributed by atoms with E-state index in [1.807, 2.05) is 0 Å². The van der Waals surface area contributed by atoms with E-state index in [-0.39, 0.29) is 5.91 Å². The molecule has 6 nitrogen and oxygen atoms in total. The van der Waals surface area contributed by atoms with Gasteiger partial charge in [-0.05, 0) is 54.5 Å². The number of amides is 1. The molecule has 2 aromatic carbocycles. The number of thioether (sulfide) groups is 1. The molecule has 3 rings (SSSR count). The van der Waals surface area contributed by atoms with E-state index in [1.165, 1.54) is 36.3 Å². The van der Waals surface area contributed by atoms with Gasteiger partial charge in [-0.1, -0.05) is 37.0 Å². The minimum absolute atomic E-state index is 0.294. The van der Waals surface area contributed by atoms with E-state index in [0.29, 0.717) is 38.4 Å². The van der Waals surface area contributed by atoms with E-state index in [0.717, 1.165) is 11.8 Å². The summed E-state index contributed by atoms with van der Waals surface area (Å²) in [6.45, 7) is 1.71. The summed E-state index contributed by atoms with van der Waals surface area (Å²) >= 11 is 6.45. The highest BCUT2D eigenvalue weighted by Crippen LogP contribution is 2.37. The summed E-state index contributed by atoms with van der Waals surface area (Å²) in [7, 11) is 1.45. The van der Waals surface area contributed by atoms with E-state index < -0.39 is 17.9 Å². The Hall–Kier alpha value is -2.91. The third kappa shape index (κ3) is 4.63. The summed E-state index contributed by atoms with van der Waals surface area (Å²) in [4.78, 5) is 25.8. The lowest BCUT2D eigenvalue weighted by atomic mass is 10.1. The normalized spacial score (nSPS) is 16.1. The van der Waals surface area contributed by atoms with Gasteiger partial charge < -0.3 is 14.6 Å². The van der Waals surface area contributed by atoms with Gasteiger partial charge in [-0.2, -0.15) is 0 Å². The fourth-order valence-electron chi connectivity index (χ4n) is 2.76. The predicted molar refractivity (Wildman–Crippen MR) is 117 cm³/mol. The maximum absolute atomic E-state index is 13.2. The van der Waals surface area contributed by atoms with Gasteiger partial charge in [0.1, 0.15) is 5.82 Å². The van der Waals surface area contributed by atoms with Crippen molar-refractivity contribution >= 4 is 51.9 Å². The van der Waals surface area contributed by atoms with Crippen LogP contribution in [0.5, 0.6) is 11.5 Å².